The van der Waals surface area contributed by atoms with Gasteiger partial charge < -0.3 is 0 Å². The lowest BCUT2D eigenvalue weighted by Gasteiger charge is -1.98. The van der Waals surface area contributed by atoms with Crippen LogP contribution in [0.25, 0.3) is 0 Å². The molecule has 0 amide bonds. The predicted molar refractivity (Wildman–Crippen MR) is 53.5 cm³/mol. The third-order valence-electron chi connectivity index (χ3n) is 1.28. The number of halogens is 2. The van der Waals surface area contributed by atoms with Crippen LogP contribution < -0.4 is 0 Å². The van der Waals surface area contributed by atoms with E-state index in [1.54, 1.807) is 0 Å². The van der Waals surface area contributed by atoms with E-state index in [1.807, 2.05) is 0 Å². The summed E-state index contributed by atoms with van der Waals surface area (Å²) >= 11 is 6.89. The molecular weight excluding hydrogens is 243 g/mol. The van der Waals surface area contributed by atoms with Gasteiger partial charge in [-0.1, -0.05) is 57.4 Å². The Morgan fingerprint density at radius 1 is 1.11 bits per heavy atom. The van der Waals surface area contributed by atoms with Crippen LogP contribution in [0.15, 0.2) is 0 Å². The molecule has 0 aliphatic carbocycles. The molecule has 0 saturated carbocycles. The minimum Gasteiger partial charge on any atom is -0.0811 e. The first-order valence-electron chi connectivity index (χ1n) is 3.55. The van der Waals surface area contributed by atoms with Crippen molar-refractivity contribution in [2.45, 2.75) is 35.7 Å². The largest absolute Gasteiger partial charge is 0.101 e. The van der Waals surface area contributed by atoms with Gasteiger partial charge in [0.25, 0.3) is 0 Å². The molecule has 0 saturated heterocycles. The summed E-state index contributed by atoms with van der Waals surface area (Å²) in [6, 6.07) is 0. The molecule has 54 valence electrons. The maximum absolute atomic E-state index is 3.44. The predicted octanol–water partition coefficient (Wildman–Crippen LogP) is 2.71. The number of hydrogen-bond donors (Lipinski definition) is 0. The molecule has 0 rings (SSSR count). The van der Waals surface area contributed by atoms with Gasteiger partial charge in [0.1, 0.15) is 7.85 Å². The molecule has 0 bridgehead atoms. The fourth-order valence-electron chi connectivity index (χ4n) is 0.725. The third-order valence-corrected chi connectivity index (χ3v) is 2.19. The molecule has 0 nitrogen and oxygen atoms in total. The number of rotatable bonds is 5. The molecular formula is C6H13BBr2. The van der Waals surface area contributed by atoms with E-state index >= 15 is 0 Å². The van der Waals surface area contributed by atoms with Crippen molar-refractivity contribution < 1.29 is 0 Å². The van der Waals surface area contributed by atoms with Crippen LogP contribution in [0.1, 0.15) is 25.7 Å². The molecule has 0 N–H and O–H groups in total. The molecule has 0 aliphatic rings. The van der Waals surface area contributed by atoms with Crippen molar-refractivity contribution in [3.63, 3.8) is 0 Å². The topological polar surface area (TPSA) is 0 Å². The molecule has 0 spiro atoms. The molecule has 0 aliphatic heterocycles. The second kappa shape index (κ2) is 7.14. The van der Waals surface area contributed by atoms with Crippen molar-refractivity contribution in [3.8, 4) is 0 Å². The molecule has 0 unspecified atom stereocenters. The van der Waals surface area contributed by atoms with Crippen molar-refractivity contribution in [3.05, 3.63) is 0 Å². The Balaban J connectivity index is 2.75. The highest BCUT2D eigenvalue weighted by Gasteiger charge is 1.95. The van der Waals surface area contributed by atoms with Gasteiger partial charge in [0.15, 0.2) is 0 Å². The third kappa shape index (κ3) is 9.02. The normalized spacial score (nSPS) is 10.6. The van der Waals surface area contributed by atoms with Crippen molar-refractivity contribution in [2.24, 2.45) is 0 Å². The Morgan fingerprint density at radius 2 is 1.78 bits per heavy atom. The average molecular weight is 256 g/mol. The van der Waals surface area contributed by atoms with Crippen molar-refractivity contribution in [1.82, 2.24) is 0 Å². The number of hydrogen-bond acceptors (Lipinski definition) is 0. The van der Waals surface area contributed by atoms with Crippen molar-refractivity contribution >= 4 is 39.7 Å². The zero-order valence-electron chi connectivity index (χ0n) is 5.87. The monoisotopic (exact) mass is 254 g/mol. The molecule has 9 heavy (non-hydrogen) atoms. The van der Waals surface area contributed by atoms with E-state index in [0.717, 1.165) is 0 Å². The summed E-state index contributed by atoms with van der Waals surface area (Å²) in [6.07, 6.45) is 6.68. The van der Waals surface area contributed by atoms with Gasteiger partial charge in [-0.2, -0.15) is 0 Å². The number of alkyl halides is 2. The van der Waals surface area contributed by atoms with Gasteiger partial charge in [-0.05, 0) is 6.42 Å². The van der Waals surface area contributed by atoms with Gasteiger partial charge in [0.2, 0.25) is 0 Å². The van der Waals surface area contributed by atoms with E-state index in [2.05, 4.69) is 39.7 Å². The van der Waals surface area contributed by atoms with Gasteiger partial charge in [-0.3, -0.25) is 0 Å². The van der Waals surface area contributed by atoms with Crippen LogP contribution in [0.2, 0.25) is 6.32 Å². The standard InChI is InChI=1S/C6H13BBr2/c7-5-3-1-2-4-6(8)9/h6H,1-5,7H2. The molecule has 0 aromatic rings. The van der Waals surface area contributed by atoms with Crippen LogP contribution in [-0.2, 0) is 0 Å². The van der Waals surface area contributed by atoms with Crippen LogP contribution in [0.5, 0.6) is 0 Å². The second-order valence-corrected chi connectivity index (χ2v) is 5.68. The summed E-state index contributed by atoms with van der Waals surface area (Å²) in [4.78, 5) is 0. The van der Waals surface area contributed by atoms with Crippen molar-refractivity contribution in [2.75, 3.05) is 0 Å². The maximum Gasteiger partial charge on any atom is 0.101 e. The summed E-state index contributed by atoms with van der Waals surface area (Å²) in [5.74, 6) is 0. The highest BCUT2D eigenvalue weighted by atomic mass is 79.9. The van der Waals surface area contributed by atoms with Crippen LogP contribution in [0, 0.1) is 0 Å². The van der Waals surface area contributed by atoms with Gasteiger partial charge in [-0.15, -0.1) is 0 Å². The van der Waals surface area contributed by atoms with Gasteiger partial charge in [0.05, 0.1) is 3.74 Å². The summed E-state index contributed by atoms with van der Waals surface area (Å²) in [5, 5.41) is 0. The van der Waals surface area contributed by atoms with Crippen LogP contribution in [0.3, 0.4) is 0 Å². The Bertz CT molecular complexity index is 57.0. The first kappa shape index (κ1) is 10.0. The average Bonchev–Trinajstić information content (AvgIpc) is 1.80. The minimum absolute atomic E-state index is 0.529. The summed E-state index contributed by atoms with van der Waals surface area (Å²) in [7, 11) is 2.24. The first-order chi connectivity index (χ1) is 4.27. The lowest BCUT2D eigenvalue weighted by atomic mass is 9.99. The zero-order valence-corrected chi connectivity index (χ0v) is 9.04. The van der Waals surface area contributed by atoms with E-state index in [9.17, 15) is 0 Å². The van der Waals surface area contributed by atoms with Gasteiger partial charge in [0, 0.05) is 0 Å². The fraction of sp³-hybridized carbons (Fsp3) is 1.00. The molecule has 0 aromatic carbocycles. The minimum atomic E-state index is 0.529. The zero-order chi connectivity index (χ0) is 7.11. The van der Waals surface area contributed by atoms with Gasteiger partial charge >= 0.3 is 0 Å². The summed E-state index contributed by atoms with van der Waals surface area (Å²) < 4.78 is 0.529. The molecule has 3 heteroatoms. The van der Waals surface area contributed by atoms with E-state index in [4.69, 9.17) is 0 Å². The van der Waals surface area contributed by atoms with Gasteiger partial charge in [-0.25, -0.2) is 0 Å². The quantitative estimate of drug-likeness (QED) is 0.403. The summed E-state index contributed by atoms with van der Waals surface area (Å²) in [6.45, 7) is 0. The molecule has 0 fully saturated rings. The van der Waals surface area contributed by atoms with Crippen LogP contribution >= 0.6 is 31.9 Å². The van der Waals surface area contributed by atoms with E-state index in [-0.39, 0.29) is 0 Å². The lowest BCUT2D eigenvalue weighted by molar-refractivity contribution is 0.701. The Morgan fingerprint density at radius 3 is 2.22 bits per heavy atom. The fourth-order valence-corrected chi connectivity index (χ4v) is 1.37. The van der Waals surface area contributed by atoms with Crippen molar-refractivity contribution in [1.29, 1.82) is 0 Å². The Labute approximate surface area is 75.5 Å². The van der Waals surface area contributed by atoms with E-state index in [0.29, 0.717) is 3.74 Å². The SMILES string of the molecule is BCCCCCC(Br)Br. The first-order valence-corrected chi connectivity index (χ1v) is 5.38. The van der Waals surface area contributed by atoms with E-state index < -0.39 is 0 Å². The highest BCUT2D eigenvalue weighted by Crippen LogP contribution is 2.16. The maximum atomic E-state index is 3.44. The van der Waals surface area contributed by atoms with E-state index in [1.165, 1.54) is 32.0 Å². The van der Waals surface area contributed by atoms with Crippen LogP contribution in [0.4, 0.5) is 0 Å². The van der Waals surface area contributed by atoms with Crippen LogP contribution in [-0.4, -0.2) is 11.6 Å². The second-order valence-electron chi connectivity index (χ2n) is 2.24. The lowest BCUT2D eigenvalue weighted by Crippen LogP contribution is -1.84. The smallest absolute Gasteiger partial charge is 0.0811 e. The molecule has 0 heterocycles. The Hall–Kier alpha value is 1.02. The number of unbranched alkanes of at least 4 members (excludes halogenated alkanes) is 2. The molecule has 0 aromatic heterocycles. The summed E-state index contributed by atoms with van der Waals surface area (Å²) in [5.41, 5.74) is 0. The molecule has 0 atom stereocenters. The highest BCUT2D eigenvalue weighted by molar-refractivity contribution is 9.24. The molecule has 0 radical (unpaired) electrons. The Kier molecular flexibility index (Phi) is 7.95.